The molecule has 0 saturated heterocycles. The monoisotopic (exact) mass is 275 g/mol. The lowest BCUT2D eigenvalue weighted by Crippen LogP contribution is -2.22. The summed E-state index contributed by atoms with van der Waals surface area (Å²) in [5, 5.41) is 8.42. The number of nitrogens with zero attached hydrogens (tertiary/aromatic N) is 2. The quantitative estimate of drug-likeness (QED) is 0.790. The molecule has 0 unspecified atom stereocenters. The molecule has 3 rings (SSSR count). The molecule has 1 N–H and O–H groups in total. The van der Waals surface area contributed by atoms with Gasteiger partial charge in [0, 0.05) is 0 Å². The van der Waals surface area contributed by atoms with Crippen LogP contribution < -0.4 is 5.32 Å². The van der Waals surface area contributed by atoms with Crippen LogP contribution in [-0.2, 0) is 6.54 Å². The zero-order valence-electron chi connectivity index (χ0n) is 9.70. The van der Waals surface area contributed by atoms with Crippen LogP contribution in [0.4, 0.5) is 0 Å². The van der Waals surface area contributed by atoms with Gasteiger partial charge in [0.1, 0.15) is 0 Å². The summed E-state index contributed by atoms with van der Waals surface area (Å²) < 4.78 is 10.0. The largest absolute Gasteiger partial charge is 0.459 e. The van der Waals surface area contributed by atoms with Gasteiger partial charge in [0.2, 0.25) is 11.7 Å². The highest BCUT2D eigenvalue weighted by Gasteiger charge is 2.12. The molecule has 3 aromatic rings. The maximum absolute atomic E-state index is 11.6. The second-order valence-corrected chi connectivity index (χ2v) is 4.60. The summed E-state index contributed by atoms with van der Waals surface area (Å²) in [7, 11) is 0. The van der Waals surface area contributed by atoms with Gasteiger partial charge >= 0.3 is 0 Å². The Morgan fingerprint density at radius 1 is 1.37 bits per heavy atom. The van der Waals surface area contributed by atoms with Gasteiger partial charge in [-0.2, -0.15) is 4.98 Å². The summed E-state index contributed by atoms with van der Waals surface area (Å²) in [4.78, 5) is 16.7. The van der Waals surface area contributed by atoms with Gasteiger partial charge in [0.25, 0.3) is 5.91 Å². The fourth-order valence-electron chi connectivity index (χ4n) is 1.48. The molecule has 19 heavy (non-hydrogen) atoms. The van der Waals surface area contributed by atoms with Crippen molar-refractivity contribution in [3.63, 3.8) is 0 Å². The lowest BCUT2D eigenvalue weighted by atomic mass is 10.4. The van der Waals surface area contributed by atoms with Crippen LogP contribution in [0.15, 0.2) is 44.8 Å². The van der Waals surface area contributed by atoms with E-state index in [0.717, 1.165) is 4.88 Å². The van der Waals surface area contributed by atoms with Crippen LogP contribution in [-0.4, -0.2) is 16.0 Å². The topological polar surface area (TPSA) is 81.2 Å². The Labute approximate surface area is 112 Å². The number of rotatable bonds is 4. The Bertz CT molecular complexity index is 658. The van der Waals surface area contributed by atoms with E-state index in [1.807, 2.05) is 17.5 Å². The zero-order valence-corrected chi connectivity index (χ0v) is 10.5. The number of carbonyl (C=O) groups is 1. The van der Waals surface area contributed by atoms with Gasteiger partial charge in [0.05, 0.1) is 17.7 Å². The Morgan fingerprint density at radius 2 is 2.32 bits per heavy atom. The van der Waals surface area contributed by atoms with E-state index in [2.05, 4.69) is 15.5 Å². The summed E-state index contributed by atoms with van der Waals surface area (Å²) in [6.45, 7) is 0.165. The minimum Gasteiger partial charge on any atom is -0.459 e. The maximum atomic E-state index is 11.6. The molecule has 0 aliphatic carbocycles. The molecule has 0 aliphatic rings. The van der Waals surface area contributed by atoms with Crippen LogP contribution in [0.2, 0.25) is 0 Å². The number of thiophene rings is 1. The van der Waals surface area contributed by atoms with E-state index in [9.17, 15) is 4.79 Å². The minimum atomic E-state index is -0.319. The smallest absolute Gasteiger partial charge is 0.287 e. The van der Waals surface area contributed by atoms with E-state index in [-0.39, 0.29) is 18.2 Å². The molecular weight excluding hydrogens is 266 g/mol. The van der Waals surface area contributed by atoms with Crippen LogP contribution in [0.5, 0.6) is 0 Å². The molecule has 7 heteroatoms. The van der Waals surface area contributed by atoms with E-state index in [1.54, 1.807) is 12.1 Å². The lowest BCUT2D eigenvalue weighted by Gasteiger charge is -1.97. The fourth-order valence-corrected chi connectivity index (χ4v) is 2.13. The molecule has 0 atom stereocenters. The van der Waals surface area contributed by atoms with Gasteiger partial charge in [0.15, 0.2) is 5.76 Å². The molecule has 3 aromatic heterocycles. The Hall–Kier alpha value is -2.41. The van der Waals surface area contributed by atoms with Gasteiger partial charge in [-0.3, -0.25) is 4.79 Å². The molecule has 0 spiro atoms. The van der Waals surface area contributed by atoms with Gasteiger partial charge in [-0.25, -0.2) is 0 Å². The van der Waals surface area contributed by atoms with Crippen LogP contribution in [0.1, 0.15) is 16.4 Å². The first kappa shape index (κ1) is 11.7. The molecule has 1 amide bonds. The second kappa shape index (κ2) is 5.07. The van der Waals surface area contributed by atoms with Crippen LogP contribution in [0.25, 0.3) is 10.7 Å². The summed E-state index contributed by atoms with van der Waals surface area (Å²) >= 11 is 1.52. The SMILES string of the molecule is O=C(NCc1nc(-c2cccs2)no1)c1ccco1. The number of hydrogen-bond donors (Lipinski definition) is 1. The van der Waals surface area contributed by atoms with Crippen LogP contribution in [0.3, 0.4) is 0 Å². The molecule has 3 heterocycles. The van der Waals surface area contributed by atoms with Crippen molar-refractivity contribution in [3.05, 3.63) is 47.6 Å². The Morgan fingerprint density at radius 3 is 3.05 bits per heavy atom. The second-order valence-electron chi connectivity index (χ2n) is 3.65. The van der Waals surface area contributed by atoms with Gasteiger partial charge < -0.3 is 14.3 Å². The number of furan rings is 1. The van der Waals surface area contributed by atoms with Crippen molar-refractivity contribution in [2.24, 2.45) is 0 Å². The molecule has 6 nitrogen and oxygen atoms in total. The van der Waals surface area contributed by atoms with E-state index in [0.29, 0.717) is 11.7 Å². The van der Waals surface area contributed by atoms with E-state index in [1.165, 1.54) is 17.6 Å². The summed E-state index contributed by atoms with van der Waals surface area (Å²) in [5.74, 6) is 0.805. The third-order valence-corrected chi connectivity index (χ3v) is 3.22. The first-order chi connectivity index (χ1) is 9.33. The van der Waals surface area contributed by atoms with Crippen molar-refractivity contribution in [1.29, 1.82) is 0 Å². The molecule has 0 saturated carbocycles. The Balaban J connectivity index is 1.63. The highest BCUT2D eigenvalue weighted by Crippen LogP contribution is 2.21. The third kappa shape index (κ3) is 2.55. The van der Waals surface area contributed by atoms with E-state index in [4.69, 9.17) is 8.94 Å². The lowest BCUT2D eigenvalue weighted by molar-refractivity contribution is 0.0918. The Kier molecular flexibility index (Phi) is 3.11. The van der Waals surface area contributed by atoms with Crippen LogP contribution in [0, 0.1) is 0 Å². The zero-order chi connectivity index (χ0) is 13.1. The van der Waals surface area contributed by atoms with Crippen molar-refractivity contribution in [1.82, 2.24) is 15.5 Å². The van der Waals surface area contributed by atoms with Crippen LogP contribution >= 0.6 is 11.3 Å². The summed E-state index contributed by atoms with van der Waals surface area (Å²) in [6, 6.07) is 7.05. The summed E-state index contributed by atoms with van der Waals surface area (Å²) in [5.41, 5.74) is 0. The number of aromatic nitrogens is 2. The average Bonchev–Trinajstić information content (AvgIpc) is 3.14. The number of amides is 1. The number of hydrogen-bond acceptors (Lipinski definition) is 6. The standard InChI is InChI=1S/C12H9N3O3S/c16-12(8-3-1-5-17-8)13-7-10-14-11(15-18-10)9-4-2-6-19-9/h1-6H,7H2,(H,13,16). The van der Waals surface area contributed by atoms with Gasteiger partial charge in [-0.1, -0.05) is 11.2 Å². The molecule has 0 fully saturated rings. The first-order valence-electron chi connectivity index (χ1n) is 5.51. The van der Waals surface area contributed by atoms with E-state index < -0.39 is 0 Å². The molecule has 96 valence electrons. The molecule has 0 bridgehead atoms. The average molecular weight is 275 g/mol. The highest BCUT2D eigenvalue weighted by atomic mass is 32.1. The first-order valence-corrected chi connectivity index (χ1v) is 6.39. The van der Waals surface area contributed by atoms with Gasteiger partial charge in [-0.05, 0) is 23.6 Å². The van der Waals surface area contributed by atoms with Crippen molar-refractivity contribution < 1.29 is 13.7 Å². The molecule has 0 aliphatic heterocycles. The van der Waals surface area contributed by atoms with Crippen molar-refractivity contribution >= 4 is 17.2 Å². The van der Waals surface area contributed by atoms with Crippen molar-refractivity contribution in [2.45, 2.75) is 6.54 Å². The summed E-state index contributed by atoms with van der Waals surface area (Å²) in [6.07, 6.45) is 1.44. The normalized spacial score (nSPS) is 10.5. The molecular formula is C12H9N3O3S. The minimum absolute atomic E-state index is 0.165. The number of nitrogens with one attached hydrogen (secondary N) is 1. The third-order valence-electron chi connectivity index (χ3n) is 2.35. The van der Waals surface area contributed by atoms with Gasteiger partial charge in [-0.15, -0.1) is 11.3 Å². The maximum Gasteiger partial charge on any atom is 0.287 e. The predicted molar refractivity (Wildman–Crippen MR) is 67.5 cm³/mol. The predicted octanol–water partition coefficient (Wildman–Crippen LogP) is 2.32. The molecule has 0 aromatic carbocycles. The number of carbonyl (C=O) groups excluding carboxylic acids is 1. The van der Waals surface area contributed by atoms with Crippen molar-refractivity contribution in [2.75, 3.05) is 0 Å². The highest BCUT2D eigenvalue weighted by molar-refractivity contribution is 7.13. The van der Waals surface area contributed by atoms with Crippen molar-refractivity contribution in [3.8, 4) is 10.7 Å². The fraction of sp³-hybridized carbons (Fsp3) is 0.0833. The molecule has 0 radical (unpaired) electrons. The van der Waals surface area contributed by atoms with E-state index >= 15 is 0 Å².